The van der Waals surface area contributed by atoms with Gasteiger partial charge in [-0.05, 0) is 30.5 Å². The van der Waals surface area contributed by atoms with Gasteiger partial charge in [0.2, 0.25) is 0 Å². The Morgan fingerprint density at radius 3 is 2.39 bits per heavy atom. The van der Waals surface area contributed by atoms with Gasteiger partial charge in [-0.3, -0.25) is 4.79 Å². The Kier molecular flexibility index (Phi) is 6.56. The second kappa shape index (κ2) is 8.17. The van der Waals surface area contributed by atoms with Gasteiger partial charge in [-0.2, -0.15) is 0 Å². The summed E-state index contributed by atoms with van der Waals surface area (Å²) in [5.74, 6) is -1.41. The molecule has 0 spiro atoms. The highest BCUT2D eigenvalue weighted by atomic mass is 16.4. The number of nitrogens with one attached hydrogen (secondary N) is 2. The van der Waals surface area contributed by atoms with Crippen LogP contribution in [0.1, 0.15) is 30.6 Å². The van der Waals surface area contributed by atoms with Gasteiger partial charge in [0.15, 0.2) is 0 Å². The molecule has 0 aliphatic heterocycles. The lowest BCUT2D eigenvalue weighted by Gasteiger charge is -2.17. The highest BCUT2D eigenvalue weighted by molar-refractivity contribution is 5.98. The molecule has 0 aliphatic carbocycles. The standard InChI is InChI=1S/C16H23N3O4/c1-10(2)8-13(15(21)22)18-14(20)11-6-5-7-12(9-11)17-16(23)19(3)4/h5-7,9-10,13H,8H2,1-4H3,(H,17,23)(H,18,20)(H,21,22)/t13-/m1/s1. The maximum atomic E-state index is 12.2. The monoisotopic (exact) mass is 321 g/mol. The second-order valence-corrected chi connectivity index (χ2v) is 5.90. The van der Waals surface area contributed by atoms with E-state index in [0.717, 1.165) is 0 Å². The number of carbonyl (C=O) groups is 3. The van der Waals surface area contributed by atoms with E-state index in [-0.39, 0.29) is 17.5 Å². The smallest absolute Gasteiger partial charge is 0.326 e. The number of anilines is 1. The van der Waals surface area contributed by atoms with Crippen molar-refractivity contribution in [1.82, 2.24) is 10.2 Å². The van der Waals surface area contributed by atoms with Gasteiger partial charge in [-0.1, -0.05) is 19.9 Å². The van der Waals surface area contributed by atoms with Crippen LogP contribution in [0.2, 0.25) is 0 Å². The van der Waals surface area contributed by atoms with Crippen LogP contribution >= 0.6 is 0 Å². The Balaban J connectivity index is 2.83. The number of benzene rings is 1. The molecule has 0 bridgehead atoms. The summed E-state index contributed by atoms with van der Waals surface area (Å²) in [6.07, 6.45) is 0.345. The maximum absolute atomic E-state index is 12.2. The van der Waals surface area contributed by atoms with E-state index in [4.69, 9.17) is 0 Å². The molecule has 23 heavy (non-hydrogen) atoms. The minimum atomic E-state index is -1.07. The lowest BCUT2D eigenvalue weighted by molar-refractivity contribution is -0.139. The van der Waals surface area contributed by atoms with E-state index in [1.165, 1.54) is 11.0 Å². The number of rotatable bonds is 6. The predicted octanol–water partition coefficient (Wildman–Crippen LogP) is 2.01. The number of hydrogen-bond acceptors (Lipinski definition) is 3. The quantitative estimate of drug-likeness (QED) is 0.746. The Morgan fingerprint density at radius 2 is 1.87 bits per heavy atom. The van der Waals surface area contributed by atoms with Crippen LogP contribution in [0.3, 0.4) is 0 Å². The van der Waals surface area contributed by atoms with E-state index >= 15 is 0 Å². The second-order valence-electron chi connectivity index (χ2n) is 5.90. The van der Waals surface area contributed by atoms with E-state index in [9.17, 15) is 19.5 Å². The first kappa shape index (κ1) is 18.5. The number of hydrogen-bond donors (Lipinski definition) is 3. The van der Waals surface area contributed by atoms with Crippen molar-refractivity contribution in [1.29, 1.82) is 0 Å². The van der Waals surface area contributed by atoms with E-state index in [2.05, 4.69) is 10.6 Å². The van der Waals surface area contributed by atoms with Gasteiger partial charge in [-0.25, -0.2) is 9.59 Å². The maximum Gasteiger partial charge on any atom is 0.326 e. The summed E-state index contributed by atoms with van der Waals surface area (Å²) < 4.78 is 0. The zero-order valence-electron chi connectivity index (χ0n) is 13.8. The van der Waals surface area contributed by atoms with Crippen molar-refractivity contribution in [3.63, 3.8) is 0 Å². The van der Waals surface area contributed by atoms with Crippen molar-refractivity contribution < 1.29 is 19.5 Å². The Bertz CT molecular complexity index is 584. The lowest BCUT2D eigenvalue weighted by atomic mass is 10.0. The molecular formula is C16H23N3O4. The van der Waals surface area contributed by atoms with Gasteiger partial charge in [0.25, 0.3) is 5.91 Å². The third kappa shape index (κ3) is 5.98. The van der Waals surface area contributed by atoms with Gasteiger partial charge in [0, 0.05) is 25.3 Å². The molecule has 0 aromatic heterocycles. The summed E-state index contributed by atoms with van der Waals surface area (Å²) in [5.41, 5.74) is 0.753. The van der Waals surface area contributed by atoms with Crippen molar-refractivity contribution in [2.75, 3.05) is 19.4 Å². The number of aliphatic carboxylic acids is 1. The molecule has 3 N–H and O–H groups in total. The highest BCUT2D eigenvalue weighted by Gasteiger charge is 2.21. The average molecular weight is 321 g/mol. The van der Waals surface area contributed by atoms with Gasteiger partial charge in [0.1, 0.15) is 6.04 Å². The highest BCUT2D eigenvalue weighted by Crippen LogP contribution is 2.12. The zero-order valence-corrected chi connectivity index (χ0v) is 13.8. The number of carboxylic acids is 1. The van der Waals surface area contributed by atoms with E-state index < -0.39 is 17.9 Å². The normalized spacial score (nSPS) is 11.7. The van der Waals surface area contributed by atoms with Crippen LogP contribution in [0, 0.1) is 5.92 Å². The van der Waals surface area contributed by atoms with Crippen molar-refractivity contribution in [3.8, 4) is 0 Å². The third-order valence-electron chi connectivity index (χ3n) is 3.09. The Morgan fingerprint density at radius 1 is 1.22 bits per heavy atom. The Hall–Kier alpha value is -2.57. The van der Waals surface area contributed by atoms with Crippen molar-refractivity contribution in [2.45, 2.75) is 26.3 Å². The number of amides is 3. The minimum absolute atomic E-state index is 0.141. The molecule has 1 aromatic rings. The largest absolute Gasteiger partial charge is 0.480 e. The van der Waals surface area contributed by atoms with Gasteiger partial charge >= 0.3 is 12.0 Å². The fraction of sp³-hybridized carbons (Fsp3) is 0.438. The van der Waals surface area contributed by atoms with Gasteiger partial charge in [-0.15, -0.1) is 0 Å². The summed E-state index contributed by atoms with van der Waals surface area (Å²) in [6, 6.07) is 5.09. The molecule has 3 amide bonds. The lowest BCUT2D eigenvalue weighted by Crippen LogP contribution is -2.41. The van der Waals surface area contributed by atoms with E-state index in [0.29, 0.717) is 12.1 Å². The molecule has 7 nitrogen and oxygen atoms in total. The molecule has 7 heteroatoms. The fourth-order valence-corrected chi connectivity index (χ4v) is 1.91. The van der Waals surface area contributed by atoms with Crippen molar-refractivity contribution >= 4 is 23.6 Å². The van der Waals surface area contributed by atoms with Crippen LogP contribution in [0.25, 0.3) is 0 Å². The van der Waals surface area contributed by atoms with E-state index in [1.807, 2.05) is 13.8 Å². The average Bonchev–Trinajstić information content (AvgIpc) is 2.46. The first-order chi connectivity index (χ1) is 10.7. The van der Waals surface area contributed by atoms with Crippen LogP contribution in [0.4, 0.5) is 10.5 Å². The number of carboxylic acid groups (broad SMARTS) is 1. The molecule has 0 unspecified atom stereocenters. The van der Waals surface area contributed by atoms with Gasteiger partial charge < -0.3 is 20.6 Å². The fourth-order valence-electron chi connectivity index (χ4n) is 1.91. The summed E-state index contributed by atoms with van der Waals surface area (Å²) in [7, 11) is 3.21. The topological polar surface area (TPSA) is 98.7 Å². The number of urea groups is 1. The first-order valence-corrected chi connectivity index (χ1v) is 7.32. The van der Waals surface area contributed by atoms with Crippen LogP contribution in [-0.4, -0.2) is 48.1 Å². The summed E-state index contributed by atoms with van der Waals surface area (Å²) >= 11 is 0. The van der Waals surface area contributed by atoms with Crippen molar-refractivity contribution in [2.24, 2.45) is 5.92 Å². The molecule has 0 saturated carbocycles. The third-order valence-corrected chi connectivity index (χ3v) is 3.09. The minimum Gasteiger partial charge on any atom is -0.480 e. The summed E-state index contributed by atoms with van der Waals surface area (Å²) in [6.45, 7) is 3.78. The first-order valence-electron chi connectivity index (χ1n) is 7.32. The molecule has 1 rings (SSSR count). The number of carbonyl (C=O) groups excluding carboxylic acids is 2. The predicted molar refractivity (Wildman–Crippen MR) is 87.5 cm³/mol. The van der Waals surface area contributed by atoms with Crippen molar-refractivity contribution in [3.05, 3.63) is 29.8 Å². The number of nitrogens with zero attached hydrogens (tertiary/aromatic N) is 1. The summed E-state index contributed by atoms with van der Waals surface area (Å²) in [4.78, 5) is 36.4. The molecule has 0 saturated heterocycles. The molecule has 0 aliphatic rings. The van der Waals surface area contributed by atoms with Crippen LogP contribution < -0.4 is 10.6 Å². The summed E-state index contributed by atoms with van der Waals surface area (Å²) in [5, 5.41) is 14.3. The zero-order chi connectivity index (χ0) is 17.6. The van der Waals surface area contributed by atoms with Gasteiger partial charge in [0.05, 0.1) is 0 Å². The van der Waals surface area contributed by atoms with E-state index in [1.54, 1.807) is 32.3 Å². The molecule has 126 valence electrons. The molecule has 1 aromatic carbocycles. The molecular weight excluding hydrogens is 298 g/mol. The Labute approximate surface area is 135 Å². The molecule has 1 atom stereocenters. The molecule has 0 radical (unpaired) electrons. The molecule has 0 fully saturated rings. The SMILES string of the molecule is CC(C)C[C@@H](NC(=O)c1cccc(NC(=O)N(C)C)c1)C(=O)O. The van der Waals surface area contributed by atoms with Crippen LogP contribution in [0.5, 0.6) is 0 Å². The van der Waals surface area contributed by atoms with Crippen LogP contribution in [0.15, 0.2) is 24.3 Å². The van der Waals surface area contributed by atoms with Crippen LogP contribution in [-0.2, 0) is 4.79 Å². The molecule has 0 heterocycles.